The largest absolute Gasteiger partial charge is 0.103 e. The first kappa shape index (κ1) is 12.5. The van der Waals surface area contributed by atoms with Gasteiger partial charge in [-0.15, -0.1) is 6.58 Å². The van der Waals surface area contributed by atoms with E-state index in [0.717, 1.165) is 23.7 Å². The van der Waals surface area contributed by atoms with E-state index in [1.807, 2.05) is 5.57 Å². The highest BCUT2D eigenvalue weighted by molar-refractivity contribution is 5.22. The van der Waals surface area contributed by atoms with Crippen molar-refractivity contribution in [2.75, 3.05) is 0 Å². The van der Waals surface area contributed by atoms with E-state index in [1.165, 1.54) is 44.9 Å². The summed E-state index contributed by atoms with van der Waals surface area (Å²) in [6.07, 6.45) is 14.8. The molecular formula is C18H28. The molecule has 0 heterocycles. The van der Waals surface area contributed by atoms with Crippen LogP contribution in [0.1, 0.15) is 58.8 Å². The second-order valence-corrected chi connectivity index (χ2v) is 7.42. The van der Waals surface area contributed by atoms with Crippen LogP contribution in [0.25, 0.3) is 0 Å². The number of fused-ring (bicyclic) bond motifs is 3. The first-order chi connectivity index (χ1) is 8.63. The normalized spacial score (nSPS) is 47.8. The van der Waals surface area contributed by atoms with Crippen LogP contribution in [-0.4, -0.2) is 0 Å². The summed E-state index contributed by atoms with van der Waals surface area (Å²) in [5, 5.41) is 0. The average Bonchev–Trinajstić information content (AvgIpc) is 2.38. The molecule has 100 valence electrons. The molecule has 0 aromatic heterocycles. The summed E-state index contributed by atoms with van der Waals surface area (Å²) in [5.74, 6) is 3.81. The van der Waals surface area contributed by atoms with Crippen LogP contribution in [0.2, 0.25) is 0 Å². The molecule has 0 aromatic carbocycles. The first-order valence-corrected chi connectivity index (χ1v) is 7.96. The van der Waals surface area contributed by atoms with E-state index >= 15 is 0 Å². The van der Waals surface area contributed by atoms with E-state index in [1.54, 1.807) is 0 Å². The minimum atomic E-state index is 0.376. The third-order valence-corrected chi connectivity index (χ3v) is 6.18. The van der Waals surface area contributed by atoms with E-state index in [2.05, 4.69) is 32.6 Å². The maximum atomic E-state index is 4.06. The number of rotatable bonds is 1. The molecule has 0 N–H and O–H groups in total. The smallest absolute Gasteiger partial charge is 0.0109 e. The fraction of sp³-hybridized carbons (Fsp3) is 0.778. The molecule has 4 unspecified atom stereocenters. The van der Waals surface area contributed by atoms with Crippen molar-refractivity contribution in [2.45, 2.75) is 58.8 Å². The molecule has 3 aliphatic rings. The second kappa shape index (κ2) is 4.54. The lowest BCUT2D eigenvalue weighted by Crippen LogP contribution is -2.38. The van der Waals surface area contributed by atoms with Gasteiger partial charge in [-0.1, -0.05) is 44.4 Å². The minimum absolute atomic E-state index is 0.376. The third-order valence-electron chi connectivity index (χ3n) is 6.18. The van der Waals surface area contributed by atoms with Crippen molar-refractivity contribution in [2.24, 2.45) is 29.1 Å². The van der Waals surface area contributed by atoms with Gasteiger partial charge in [-0.25, -0.2) is 0 Å². The van der Waals surface area contributed by atoms with Gasteiger partial charge in [-0.2, -0.15) is 0 Å². The summed E-state index contributed by atoms with van der Waals surface area (Å²) in [6, 6.07) is 0. The zero-order chi connectivity index (χ0) is 12.8. The van der Waals surface area contributed by atoms with Gasteiger partial charge in [-0.05, 0) is 61.2 Å². The Labute approximate surface area is 113 Å². The SMILES string of the molecule is C=C[C@@]1(C)CC=C2C(CCC3C(C)CCCC23)C1. The van der Waals surface area contributed by atoms with E-state index in [-0.39, 0.29) is 0 Å². The molecule has 2 saturated carbocycles. The summed E-state index contributed by atoms with van der Waals surface area (Å²) in [4.78, 5) is 0. The zero-order valence-corrected chi connectivity index (χ0v) is 12.1. The van der Waals surface area contributed by atoms with Crippen LogP contribution in [0.15, 0.2) is 24.3 Å². The van der Waals surface area contributed by atoms with Crippen LogP contribution in [-0.2, 0) is 0 Å². The maximum absolute atomic E-state index is 4.06. The molecule has 0 nitrogen and oxygen atoms in total. The van der Waals surface area contributed by atoms with Crippen molar-refractivity contribution < 1.29 is 0 Å². The molecule has 0 amide bonds. The molecule has 0 aliphatic heterocycles. The van der Waals surface area contributed by atoms with Gasteiger partial charge in [-0.3, -0.25) is 0 Å². The lowest BCUT2D eigenvalue weighted by Gasteiger charge is -2.48. The molecular weight excluding hydrogens is 216 g/mol. The van der Waals surface area contributed by atoms with Crippen molar-refractivity contribution in [3.63, 3.8) is 0 Å². The van der Waals surface area contributed by atoms with Gasteiger partial charge >= 0.3 is 0 Å². The van der Waals surface area contributed by atoms with Crippen molar-refractivity contribution >= 4 is 0 Å². The molecule has 0 radical (unpaired) electrons. The Morgan fingerprint density at radius 3 is 2.89 bits per heavy atom. The Hall–Kier alpha value is -0.520. The zero-order valence-electron chi connectivity index (χ0n) is 12.1. The fourth-order valence-electron chi connectivity index (χ4n) is 4.95. The predicted octanol–water partition coefficient (Wildman–Crippen LogP) is 5.36. The summed E-state index contributed by atoms with van der Waals surface area (Å²) in [6.45, 7) is 8.94. The molecule has 0 saturated heterocycles. The van der Waals surface area contributed by atoms with E-state index in [0.29, 0.717) is 5.41 Å². The van der Waals surface area contributed by atoms with Crippen molar-refractivity contribution in [1.82, 2.24) is 0 Å². The summed E-state index contributed by atoms with van der Waals surface area (Å²) in [7, 11) is 0. The van der Waals surface area contributed by atoms with Gasteiger partial charge in [0, 0.05) is 0 Å². The molecule has 18 heavy (non-hydrogen) atoms. The maximum Gasteiger partial charge on any atom is -0.0109 e. The van der Waals surface area contributed by atoms with E-state index < -0.39 is 0 Å². The standard InChI is InChI=1S/C18H28/c1-4-18(3)11-10-16-14(12-18)8-9-15-13(2)6-5-7-17(15)16/h4,10,13-15,17H,1,5-9,11-12H2,2-3H3/t13?,14?,15?,17?,18-/m0/s1. The predicted molar refractivity (Wildman–Crippen MR) is 78.3 cm³/mol. The fourth-order valence-corrected chi connectivity index (χ4v) is 4.95. The average molecular weight is 244 g/mol. The monoisotopic (exact) mass is 244 g/mol. The first-order valence-electron chi connectivity index (χ1n) is 7.96. The molecule has 3 aliphatic carbocycles. The number of allylic oxidation sites excluding steroid dienone is 3. The highest BCUT2D eigenvalue weighted by Gasteiger charge is 2.42. The quantitative estimate of drug-likeness (QED) is 0.545. The lowest BCUT2D eigenvalue weighted by atomic mass is 9.57. The molecule has 5 atom stereocenters. The molecule has 3 rings (SSSR count). The van der Waals surface area contributed by atoms with Gasteiger partial charge < -0.3 is 0 Å². The van der Waals surface area contributed by atoms with Crippen molar-refractivity contribution in [3.05, 3.63) is 24.3 Å². The molecule has 0 heteroatoms. The Morgan fingerprint density at radius 2 is 2.11 bits per heavy atom. The van der Waals surface area contributed by atoms with Gasteiger partial charge in [0.25, 0.3) is 0 Å². The van der Waals surface area contributed by atoms with Crippen molar-refractivity contribution in [3.8, 4) is 0 Å². The van der Waals surface area contributed by atoms with E-state index in [4.69, 9.17) is 0 Å². The van der Waals surface area contributed by atoms with Crippen molar-refractivity contribution in [1.29, 1.82) is 0 Å². The lowest BCUT2D eigenvalue weighted by molar-refractivity contribution is 0.114. The second-order valence-electron chi connectivity index (χ2n) is 7.42. The highest BCUT2D eigenvalue weighted by Crippen LogP contribution is 2.53. The summed E-state index contributed by atoms with van der Waals surface area (Å²) >= 11 is 0. The molecule has 0 bridgehead atoms. The Bertz CT molecular complexity index is 364. The number of hydrogen-bond donors (Lipinski definition) is 0. The van der Waals surface area contributed by atoms with Crippen LogP contribution in [0, 0.1) is 29.1 Å². The number of hydrogen-bond acceptors (Lipinski definition) is 0. The van der Waals surface area contributed by atoms with E-state index in [9.17, 15) is 0 Å². The Morgan fingerprint density at radius 1 is 1.28 bits per heavy atom. The molecule has 0 spiro atoms. The summed E-state index contributed by atoms with van der Waals surface area (Å²) in [5.41, 5.74) is 2.23. The molecule has 2 fully saturated rings. The Kier molecular flexibility index (Phi) is 3.16. The third kappa shape index (κ3) is 1.98. The van der Waals surface area contributed by atoms with Gasteiger partial charge in [0.15, 0.2) is 0 Å². The van der Waals surface area contributed by atoms with Crippen LogP contribution in [0.5, 0.6) is 0 Å². The van der Waals surface area contributed by atoms with Crippen LogP contribution >= 0.6 is 0 Å². The van der Waals surface area contributed by atoms with Gasteiger partial charge in [0.05, 0.1) is 0 Å². The minimum Gasteiger partial charge on any atom is -0.103 e. The van der Waals surface area contributed by atoms with Crippen LogP contribution in [0.4, 0.5) is 0 Å². The van der Waals surface area contributed by atoms with Gasteiger partial charge in [0.1, 0.15) is 0 Å². The summed E-state index contributed by atoms with van der Waals surface area (Å²) < 4.78 is 0. The van der Waals surface area contributed by atoms with Crippen LogP contribution < -0.4 is 0 Å². The van der Waals surface area contributed by atoms with Crippen LogP contribution in [0.3, 0.4) is 0 Å². The topological polar surface area (TPSA) is 0 Å². The highest BCUT2D eigenvalue weighted by atomic mass is 14.5. The van der Waals surface area contributed by atoms with Gasteiger partial charge in [0.2, 0.25) is 0 Å². The Balaban J connectivity index is 1.85. The molecule has 0 aromatic rings.